The summed E-state index contributed by atoms with van der Waals surface area (Å²) in [7, 11) is 0. The third-order valence-corrected chi connectivity index (χ3v) is 2.77. The summed E-state index contributed by atoms with van der Waals surface area (Å²) < 4.78 is 43.1. The molecule has 0 aliphatic carbocycles. The van der Waals surface area contributed by atoms with Crippen molar-refractivity contribution in [2.75, 3.05) is 24.3 Å². The number of nitrogens with two attached hydrogens (primary N) is 1. The van der Waals surface area contributed by atoms with Crippen LogP contribution in [0.4, 0.5) is 24.5 Å². The number of nitrogen functional groups attached to an aromatic ring is 1. The van der Waals surface area contributed by atoms with Crippen molar-refractivity contribution in [3.8, 4) is 0 Å². The molecule has 0 heterocycles. The number of hydrogen-bond acceptors (Lipinski definition) is 3. The number of carbonyl (C=O) groups excluding carboxylic acids is 1. The van der Waals surface area contributed by atoms with Crippen LogP contribution >= 0.6 is 0 Å². The van der Waals surface area contributed by atoms with E-state index in [1.807, 2.05) is 6.92 Å². The lowest BCUT2D eigenvalue weighted by Gasteiger charge is -2.12. The van der Waals surface area contributed by atoms with Crippen molar-refractivity contribution >= 4 is 17.3 Å². The maximum absolute atomic E-state index is 12.7. The molecule has 21 heavy (non-hydrogen) atoms. The Morgan fingerprint density at radius 3 is 2.67 bits per heavy atom. The minimum absolute atomic E-state index is 0.0404. The van der Waals surface area contributed by atoms with E-state index in [2.05, 4.69) is 5.32 Å². The average Bonchev–Trinajstić information content (AvgIpc) is 2.39. The number of alkyl halides is 3. The van der Waals surface area contributed by atoms with Crippen molar-refractivity contribution in [1.82, 2.24) is 0 Å². The first kappa shape index (κ1) is 17.3. The van der Waals surface area contributed by atoms with Crippen LogP contribution in [0.25, 0.3) is 0 Å². The minimum Gasteiger partial charge on any atom is -0.398 e. The number of amides is 1. The summed E-state index contributed by atoms with van der Waals surface area (Å²) in [4.78, 5) is 11.5. The van der Waals surface area contributed by atoms with Gasteiger partial charge in [-0.1, -0.05) is 19.8 Å². The van der Waals surface area contributed by atoms with Crippen molar-refractivity contribution < 1.29 is 22.7 Å². The number of halogens is 3. The van der Waals surface area contributed by atoms with E-state index in [0.717, 1.165) is 31.4 Å². The largest absolute Gasteiger partial charge is 0.418 e. The van der Waals surface area contributed by atoms with Gasteiger partial charge in [0.2, 0.25) is 5.91 Å². The van der Waals surface area contributed by atoms with Gasteiger partial charge in [-0.15, -0.1) is 0 Å². The third-order valence-electron chi connectivity index (χ3n) is 2.77. The summed E-state index contributed by atoms with van der Waals surface area (Å²) in [5.74, 6) is -0.496. The van der Waals surface area contributed by atoms with Crippen LogP contribution in [0.5, 0.6) is 0 Å². The summed E-state index contributed by atoms with van der Waals surface area (Å²) in [6, 6.07) is 3.24. The summed E-state index contributed by atoms with van der Waals surface area (Å²) in [6.07, 6.45) is -1.65. The first-order valence-corrected chi connectivity index (χ1v) is 6.69. The lowest BCUT2D eigenvalue weighted by atomic mass is 10.1. The summed E-state index contributed by atoms with van der Waals surface area (Å²) in [5.41, 5.74) is 3.97. The highest BCUT2D eigenvalue weighted by Gasteiger charge is 2.33. The fraction of sp³-hybridized carbons (Fsp3) is 0.500. The number of hydrogen-bond donors (Lipinski definition) is 2. The number of unbranched alkanes of at least 4 members (excludes halogenated alkanes) is 2. The van der Waals surface area contributed by atoms with Crippen LogP contribution in [0.1, 0.15) is 31.7 Å². The number of benzene rings is 1. The van der Waals surface area contributed by atoms with E-state index in [9.17, 15) is 18.0 Å². The molecule has 1 amide bonds. The van der Waals surface area contributed by atoms with Gasteiger partial charge in [0, 0.05) is 18.0 Å². The molecule has 0 radical (unpaired) electrons. The average molecular weight is 304 g/mol. The number of ether oxygens (including phenoxy) is 1. The highest BCUT2D eigenvalue weighted by molar-refractivity contribution is 5.92. The highest BCUT2D eigenvalue weighted by atomic mass is 19.4. The molecule has 0 spiro atoms. The van der Waals surface area contributed by atoms with E-state index >= 15 is 0 Å². The topological polar surface area (TPSA) is 64.3 Å². The zero-order valence-corrected chi connectivity index (χ0v) is 11.8. The number of anilines is 2. The van der Waals surface area contributed by atoms with E-state index in [-0.39, 0.29) is 18.0 Å². The monoisotopic (exact) mass is 304 g/mol. The number of rotatable bonds is 7. The Morgan fingerprint density at radius 2 is 2.05 bits per heavy atom. The SMILES string of the molecule is CCCCCOCC(=O)Nc1ccc(N)c(C(F)(F)F)c1. The summed E-state index contributed by atoms with van der Waals surface area (Å²) in [5, 5.41) is 2.35. The van der Waals surface area contributed by atoms with Gasteiger partial charge in [0.1, 0.15) is 6.61 Å². The molecule has 0 aromatic heterocycles. The van der Waals surface area contributed by atoms with E-state index in [4.69, 9.17) is 10.5 Å². The van der Waals surface area contributed by atoms with Gasteiger partial charge in [0.05, 0.1) is 5.56 Å². The molecule has 0 aliphatic heterocycles. The first-order valence-electron chi connectivity index (χ1n) is 6.69. The van der Waals surface area contributed by atoms with Crippen LogP contribution in [-0.4, -0.2) is 19.1 Å². The predicted molar refractivity (Wildman–Crippen MR) is 74.8 cm³/mol. The van der Waals surface area contributed by atoms with Gasteiger partial charge in [-0.05, 0) is 24.6 Å². The van der Waals surface area contributed by atoms with Crippen molar-refractivity contribution in [3.05, 3.63) is 23.8 Å². The van der Waals surface area contributed by atoms with Gasteiger partial charge in [0.15, 0.2) is 0 Å². The van der Waals surface area contributed by atoms with Crippen molar-refractivity contribution in [1.29, 1.82) is 0 Å². The van der Waals surface area contributed by atoms with Crippen LogP contribution in [0.2, 0.25) is 0 Å². The molecule has 0 bridgehead atoms. The number of carbonyl (C=O) groups is 1. The Labute approximate surface area is 121 Å². The van der Waals surface area contributed by atoms with Gasteiger partial charge < -0.3 is 15.8 Å². The normalized spacial score (nSPS) is 11.4. The van der Waals surface area contributed by atoms with Crippen LogP contribution in [-0.2, 0) is 15.7 Å². The van der Waals surface area contributed by atoms with Crippen LogP contribution < -0.4 is 11.1 Å². The van der Waals surface area contributed by atoms with Gasteiger partial charge in [-0.2, -0.15) is 13.2 Å². The quantitative estimate of drug-likeness (QED) is 0.599. The Bertz CT molecular complexity index is 476. The zero-order chi connectivity index (χ0) is 15.9. The van der Waals surface area contributed by atoms with Gasteiger partial charge in [-0.3, -0.25) is 4.79 Å². The smallest absolute Gasteiger partial charge is 0.398 e. The molecule has 0 fully saturated rings. The predicted octanol–water partition coefficient (Wildman–Crippen LogP) is 3.43. The van der Waals surface area contributed by atoms with Gasteiger partial charge >= 0.3 is 6.18 Å². The molecule has 0 saturated heterocycles. The molecule has 7 heteroatoms. The molecule has 0 atom stereocenters. The second-order valence-electron chi connectivity index (χ2n) is 4.61. The Kier molecular flexibility index (Phi) is 6.48. The lowest BCUT2D eigenvalue weighted by molar-refractivity contribution is -0.137. The van der Waals surface area contributed by atoms with E-state index in [1.54, 1.807) is 0 Å². The Balaban J connectivity index is 2.53. The molecule has 1 aromatic carbocycles. The second-order valence-corrected chi connectivity index (χ2v) is 4.61. The molecule has 1 aromatic rings. The highest BCUT2D eigenvalue weighted by Crippen LogP contribution is 2.35. The van der Waals surface area contributed by atoms with Crippen molar-refractivity contribution in [2.45, 2.75) is 32.4 Å². The summed E-state index contributed by atoms with van der Waals surface area (Å²) >= 11 is 0. The third kappa shape index (κ3) is 6.03. The van der Waals surface area contributed by atoms with Crippen LogP contribution in [0.15, 0.2) is 18.2 Å². The minimum atomic E-state index is -4.55. The Hall–Kier alpha value is -1.76. The maximum atomic E-state index is 12.7. The first-order chi connectivity index (χ1) is 9.84. The molecule has 0 unspecified atom stereocenters. The molecular weight excluding hydrogens is 285 g/mol. The van der Waals surface area contributed by atoms with Crippen molar-refractivity contribution in [3.63, 3.8) is 0 Å². The molecule has 3 N–H and O–H groups in total. The standard InChI is InChI=1S/C14H19F3N2O2/c1-2-3-4-7-21-9-13(20)19-10-5-6-12(18)11(8-10)14(15,16)17/h5-6,8H,2-4,7,9,18H2,1H3,(H,19,20). The zero-order valence-electron chi connectivity index (χ0n) is 11.8. The number of nitrogens with one attached hydrogen (secondary N) is 1. The van der Waals surface area contributed by atoms with Crippen LogP contribution in [0, 0.1) is 0 Å². The lowest BCUT2D eigenvalue weighted by Crippen LogP contribution is -2.19. The molecule has 1 rings (SSSR count). The Morgan fingerprint density at radius 1 is 1.33 bits per heavy atom. The molecule has 118 valence electrons. The van der Waals surface area contributed by atoms with E-state index < -0.39 is 17.6 Å². The van der Waals surface area contributed by atoms with E-state index in [0.29, 0.717) is 6.61 Å². The molecule has 4 nitrogen and oxygen atoms in total. The van der Waals surface area contributed by atoms with Gasteiger partial charge in [0.25, 0.3) is 0 Å². The van der Waals surface area contributed by atoms with Crippen LogP contribution in [0.3, 0.4) is 0 Å². The molecule has 0 aliphatic rings. The fourth-order valence-corrected chi connectivity index (χ4v) is 1.70. The fourth-order valence-electron chi connectivity index (χ4n) is 1.70. The van der Waals surface area contributed by atoms with Gasteiger partial charge in [-0.25, -0.2) is 0 Å². The van der Waals surface area contributed by atoms with Crippen molar-refractivity contribution in [2.24, 2.45) is 0 Å². The maximum Gasteiger partial charge on any atom is 0.418 e. The second kappa shape index (κ2) is 7.87. The molecular formula is C14H19F3N2O2. The summed E-state index contributed by atoms with van der Waals surface area (Å²) in [6.45, 7) is 2.32. The molecule has 0 saturated carbocycles. The van der Waals surface area contributed by atoms with E-state index in [1.165, 1.54) is 6.07 Å².